The molecule has 0 saturated carbocycles. The maximum Gasteiger partial charge on any atom is 0.0398 e. The van der Waals surface area contributed by atoms with Gasteiger partial charge in [0.05, 0.1) is 0 Å². The molecule has 100 valence electrons. The first-order valence-electron chi connectivity index (χ1n) is 6.82. The Labute approximate surface area is 110 Å². The number of nitrogens with zero attached hydrogens (tertiary/aromatic N) is 1. The molecule has 1 aliphatic heterocycles. The molecule has 0 amide bonds. The number of piperidine rings is 1. The fourth-order valence-electron chi connectivity index (χ4n) is 2.77. The van der Waals surface area contributed by atoms with Crippen LogP contribution in [-0.4, -0.2) is 26.2 Å². The van der Waals surface area contributed by atoms with Crippen molar-refractivity contribution < 1.29 is 0 Å². The minimum atomic E-state index is 0.175. The second-order valence-electron chi connectivity index (χ2n) is 5.69. The van der Waals surface area contributed by atoms with Gasteiger partial charge in [-0.2, -0.15) is 0 Å². The fraction of sp³-hybridized carbons (Fsp3) is 0.600. The molecule has 0 spiro atoms. The summed E-state index contributed by atoms with van der Waals surface area (Å²) in [7, 11) is 0. The third-order valence-electron chi connectivity index (χ3n) is 4.40. The summed E-state index contributed by atoms with van der Waals surface area (Å²) in [5.74, 6) is 0. The van der Waals surface area contributed by atoms with Crippen LogP contribution in [0.1, 0.15) is 24.0 Å². The highest BCUT2D eigenvalue weighted by Gasteiger charge is 2.32. The fourth-order valence-corrected chi connectivity index (χ4v) is 2.77. The van der Waals surface area contributed by atoms with Crippen LogP contribution in [0.3, 0.4) is 0 Å². The zero-order valence-electron chi connectivity index (χ0n) is 11.6. The Balaban J connectivity index is 2.12. The molecule has 0 radical (unpaired) electrons. The maximum atomic E-state index is 5.89. The van der Waals surface area contributed by atoms with E-state index in [1.165, 1.54) is 16.8 Å². The van der Waals surface area contributed by atoms with Crippen LogP contribution in [0.15, 0.2) is 18.2 Å². The van der Waals surface area contributed by atoms with Gasteiger partial charge in [0.25, 0.3) is 0 Å². The van der Waals surface area contributed by atoms with Crippen LogP contribution in [0, 0.1) is 19.3 Å². The van der Waals surface area contributed by atoms with Crippen LogP contribution in [-0.2, 0) is 0 Å². The van der Waals surface area contributed by atoms with Crippen LogP contribution in [0.4, 0.5) is 5.69 Å². The molecule has 0 aliphatic carbocycles. The van der Waals surface area contributed by atoms with Crippen LogP contribution in [0.2, 0.25) is 0 Å². The zero-order chi connectivity index (χ0) is 13.2. The quantitative estimate of drug-likeness (QED) is 0.856. The number of aryl methyl sites for hydroxylation is 2. The Kier molecular flexibility index (Phi) is 3.93. The van der Waals surface area contributed by atoms with Crippen molar-refractivity contribution >= 4 is 5.69 Å². The molecule has 3 nitrogen and oxygen atoms in total. The van der Waals surface area contributed by atoms with Gasteiger partial charge < -0.3 is 16.4 Å². The zero-order valence-corrected chi connectivity index (χ0v) is 11.6. The number of anilines is 1. The molecule has 1 fully saturated rings. The maximum absolute atomic E-state index is 5.89. The van der Waals surface area contributed by atoms with Gasteiger partial charge in [-0.3, -0.25) is 0 Å². The number of benzene rings is 1. The lowest BCUT2D eigenvalue weighted by Crippen LogP contribution is -2.48. The lowest BCUT2D eigenvalue weighted by atomic mass is 9.78. The molecule has 18 heavy (non-hydrogen) atoms. The van der Waals surface area contributed by atoms with E-state index in [1.807, 2.05) is 0 Å². The van der Waals surface area contributed by atoms with Crippen molar-refractivity contribution in [1.82, 2.24) is 0 Å². The molecule has 1 aromatic carbocycles. The summed E-state index contributed by atoms with van der Waals surface area (Å²) in [4.78, 5) is 2.48. The Morgan fingerprint density at radius 1 is 1.11 bits per heavy atom. The molecule has 0 unspecified atom stereocenters. The van der Waals surface area contributed by atoms with Crippen LogP contribution < -0.4 is 16.4 Å². The molecule has 4 N–H and O–H groups in total. The molecule has 0 bridgehead atoms. The standard InChI is InChI=1S/C15H25N3/c1-12-3-4-13(2)14(9-12)18-7-5-15(10-16,11-17)6-8-18/h3-4,9H,5-8,10-11,16-17H2,1-2H3. The van der Waals surface area contributed by atoms with Gasteiger partial charge >= 0.3 is 0 Å². The Morgan fingerprint density at radius 2 is 1.72 bits per heavy atom. The molecule has 2 rings (SSSR count). The van der Waals surface area contributed by atoms with Crippen molar-refractivity contribution in [3.63, 3.8) is 0 Å². The lowest BCUT2D eigenvalue weighted by Gasteiger charge is -2.42. The highest BCUT2D eigenvalue weighted by molar-refractivity contribution is 5.55. The Hall–Kier alpha value is -1.06. The summed E-state index contributed by atoms with van der Waals surface area (Å²) >= 11 is 0. The summed E-state index contributed by atoms with van der Waals surface area (Å²) in [6.07, 6.45) is 2.21. The largest absolute Gasteiger partial charge is 0.371 e. The van der Waals surface area contributed by atoms with Crippen molar-refractivity contribution in [2.24, 2.45) is 16.9 Å². The van der Waals surface area contributed by atoms with Gasteiger partial charge in [0, 0.05) is 18.8 Å². The van der Waals surface area contributed by atoms with E-state index in [2.05, 4.69) is 36.9 Å². The van der Waals surface area contributed by atoms with E-state index >= 15 is 0 Å². The Bertz CT molecular complexity index is 400. The smallest absolute Gasteiger partial charge is 0.0398 e. The predicted octanol–water partition coefficient (Wildman–Crippen LogP) is 1.81. The van der Waals surface area contributed by atoms with E-state index in [0.717, 1.165) is 25.9 Å². The molecule has 1 aliphatic rings. The van der Waals surface area contributed by atoms with E-state index in [-0.39, 0.29) is 5.41 Å². The van der Waals surface area contributed by atoms with E-state index in [4.69, 9.17) is 11.5 Å². The monoisotopic (exact) mass is 247 g/mol. The van der Waals surface area contributed by atoms with Gasteiger partial charge in [-0.05, 0) is 62.4 Å². The number of hydrogen-bond donors (Lipinski definition) is 2. The van der Waals surface area contributed by atoms with Crippen molar-refractivity contribution in [3.8, 4) is 0 Å². The van der Waals surface area contributed by atoms with Crippen molar-refractivity contribution in [2.75, 3.05) is 31.1 Å². The van der Waals surface area contributed by atoms with Crippen molar-refractivity contribution in [2.45, 2.75) is 26.7 Å². The number of hydrogen-bond acceptors (Lipinski definition) is 3. The van der Waals surface area contributed by atoms with Crippen molar-refractivity contribution in [1.29, 1.82) is 0 Å². The van der Waals surface area contributed by atoms with Crippen molar-refractivity contribution in [3.05, 3.63) is 29.3 Å². The van der Waals surface area contributed by atoms with E-state index in [1.54, 1.807) is 0 Å². The van der Waals surface area contributed by atoms with Gasteiger partial charge in [0.1, 0.15) is 0 Å². The topological polar surface area (TPSA) is 55.3 Å². The predicted molar refractivity (Wildman–Crippen MR) is 77.9 cm³/mol. The summed E-state index contributed by atoms with van der Waals surface area (Å²) < 4.78 is 0. The molecular formula is C15H25N3. The third-order valence-corrected chi connectivity index (χ3v) is 4.40. The summed E-state index contributed by atoms with van der Waals surface area (Å²) in [5, 5.41) is 0. The van der Waals surface area contributed by atoms with E-state index < -0.39 is 0 Å². The first-order chi connectivity index (χ1) is 8.60. The highest BCUT2D eigenvalue weighted by Crippen LogP contribution is 2.33. The molecule has 0 atom stereocenters. The van der Waals surface area contributed by atoms with Crippen LogP contribution in [0.25, 0.3) is 0 Å². The average molecular weight is 247 g/mol. The normalized spacial score (nSPS) is 19.0. The van der Waals surface area contributed by atoms with Crippen LogP contribution >= 0.6 is 0 Å². The van der Waals surface area contributed by atoms with Gasteiger partial charge in [0.15, 0.2) is 0 Å². The SMILES string of the molecule is Cc1ccc(C)c(N2CCC(CN)(CN)CC2)c1. The van der Waals surface area contributed by atoms with E-state index in [9.17, 15) is 0 Å². The van der Waals surface area contributed by atoms with E-state index in [0.29, 0.717) is 13.1 Å². The third kappa shape index (κ3) is 2.52. The number of rotatable bonds is 3. The minimum Gasteiger partial charge on any atom is -0.371 e. The number of nitrogens with two attached hydrogens (primary N) is 2. The summed E-state index contributed by atoms with van der Waals surface area (Å²) in [5.41, 5.74) is 16.0. The molecule has 1 heterocycles. The second-order valence-corrected chi connectivity index (χ2v) is 5.69. The first-order valence-corrected chi connectivity index (χ1v) is 6.82. The minimum absolute atomic E-state index is 0.175. The van der Waals surface area contributed by atoms with Crippen LogP contribution in [0.5, 0.6) is 0 Å². The van der Waals surface area contributed by atoms with Gasteiger partial charge in [0.2, 0.25) is 0 Å². The molecule has 0 aromatic heterocycles. The van der Waals surface area contributed by atoms with Gasteiger partial charge in [-0.15, -0.1) is 0 Å². The first kappa shape index (κ1) is 13.4. The lowest BCUT2D eigenvalue weighted by molar-refractivity contribution is 0.238. The second kappa shape index (κ2) is 5.29. The molecule has 1 aromatic rings. The highest BCUT2D eigenvalue weighted by atomic mass is 15.1. The molecule has 3 heteroatoms. The Morgan fingerprint density at radius 3 is 2.28 bits per heavy atom. The molecular weight excluding hydrogens is 222 g/mol. The summed E-state index contributed by atoms with van der Waals surface area (Å²) in [6.45, 7) is 7.89. The molecule has 1 saturated heterocycles. The van der Waals surface area contributed by atoms with Gasteiger partial charge in [-0.25, -0.2) is 0 Å². The van der Waals surface area contributed by atoms with Gasteiger partial charge in [-0.1, -0.05) is 12.1 Å². The average Bonchev–Trinajstić information content (AvgIpc) is 2.42. The summed E-state index contributed by atoms with van der Waals surface area (Å²) in [6, 6.07) is 6.67.